The molecule has 0 bridgehead atoms. The Balaban J connectivity index is 1.86. The fourth-order valence-corrected chi connectivity index (χ4v) is 1.71. The van der Waals surface area contributed by atoms with Gasteiger partial charge in [0, 0.05) is 18.8 Å². The second kappa shape index (κ2) is 6.83. The average Bonchev–Trinajstić information content (AvgIpc) is 2.85. The lowest BCUT2D eigenvalue weighted by Gasteiger charge is -2.07. The number of hydrogen-bond donors (Lipinski definition) is 1. The molecule has 1 amide bonds. The van der Waals surface area contributed by atoms with Gasteiger partial charge in [-0.1, -0.05) is 6.92 Å². The summed E-state index contributed by atoms with van der Waals surface area (Å²) in [5.74, 6) is -2.17. The number of benzene rings is 1. The molecule has 0 aliphatic heterocycles. The summed E-state index contributed by atoms with van der Waals surface area (Å²) in [5, 5.41) is 6.64. The van der Waals surface area contributed by atoms with E-state index in [9.17, 15) is 13.6 Å². The topological polar surface area (TPSA) is 56.2 Å². The van der Waals surface area contributed by atoms with Crippen molar-refractivity contribution >= 4 is 11.6 Å². The highest BCUT2D eigenvalue weighted by Gasteiger charge is 2.09. The van der Waals surface area contributed by atoms with Crippen molar-refractivity contribution in [2.24, 2.45) is 0 Å². The van der Waals surface area contributed by atoms with Crippen molar-refractivity contribution < 1.29 is 18.3 Å². The van der Waals surface area contributed by atoms with Crippen LogP contribution in [0.5, 0.6) is 5.75 Å². The van der Waals surface area contributed by atoms with Crippen LogP contribution in [0.4, 0.5) is 14.5 Å². The first-order valence-electron chi connectivity index (χ1n) is 6.48. The van der Waals surface area contributed by atoms with E-state index in [4.69, 9.17) is 4.74 Å². The summed E-state index contributed by atoms with van der Waals surface area (Å²) in [7, 11) is 0. The zero-order valence-corrected chi connectivity index (χ0v) is 11.5. The molecule has 7 heteroatoms. The predicted molar refractivity (Wildman–Crippen MR) is 73.0 cm³/mol. The van der Waals surface area contributed by atoms with Crippen LogP contribution in [0, 0.1) is 11.6 Å². The van der Waals surface area contributed by atoms with Gasteiger partial charge in [0.1, 0.15) is 5.82 Å². The molecule has 0 saturated heterocycles. The number of amides is 1. The molecular formula is C14H15F2N3O2. The van der Waals surface area contributed by atoms with Crippen LogP contribution in [0.1, 0.15) is 13.3 Å². The summed E-state index contributed by atoms with van der Waals surface area (Å²) in [4.78, 5) is 11.7. The van der Waals surface area contributed by atoms with Gasteiger partial charge in [-0.25, -0.2) is 8.78 Å². The lowest BCUT2D eigenvalue weighted by Crippen LogP contribution is -2.20. The normalized spacial score (nSPS) is 10.4. The lowest BCUT2D eigenvalue weighted by atomic mass is 10.3. The minimum atomic E-state index is -0.849. The van der Waals surface area contributed by atoms with Gasteiger partial charge >= 0.3 is 0 Å². The second-order valence-corrected chi connectivity index (χ2v) is 4.40. The molecule has 0 radical (unpaired) electrons. The van der Waals surface area contributed by atoms with Gasteiger partial charge in [-0.15, -0.1) is 0 Å². The number of aryl methyl sites for hydroxylation is 1. The Morgan fingerprint density at radius 2 is 2.24 bits per heavy atom. The Labute approximate surface area is 120 Å². The molecule has 1 N–H and O–H groups in total. The summed E-state index contributed by atoms with van der Waals surface area (Å²) in [6, 6.07) is 2.89. The molecule has 0 atom stereocenters. The summed E-state index contributed by atoms with van der Waals surface area (Å²) < 4.78 is 32.7. The number of halogens is 2. The van der Waals surface area contributed by atoms with Crippen LogP contribution < -0.4 is 10.1 Å². The van der Waals surface area contributed by atoms with Crippen LogP contribution >= 0.6 is 0 Å². The molecule has 0 fully saturated rings. The third-order valence-electron chi connectivity index (χ3n) is 2.62. The van der Waals surface area contributed by atoms with E-state index in [0.717, 1.165) is 25.1 Å². The zero-order valence-electron chi connectivity index (χ0n) is 11.5. The van der Waals surface area contributed by atoms with Gasteiger partial charge in [0.05, 0.1) is 11.9 Å². The van der Waals surface area contributed by atoms with Crippen molar-refractivity contribution in [1.29, 1.82) is 0 Å². The Hall–Kier alpha value is -2.44. The highest BCUT2D eigenvalue weighted by atomic mass is 19.1. The largest absolute Gasteiger partial charge is 0.481 e. The Morgan fingerprint density at radius 3 is 2.95 bits per heavy atom. The first kappa shape index (κ1) is 15.0. The van der Waals surface area contributed by atoms with Gasteiger partial charge in [0.25, 0.3) is 5.91 Å². The van der Waals surface area contributed by atoms with Crippen LogP contribution in [0.15, 0.2) is 30.6 Å². The number of hydrogen-bond acceptors (Lipinski definition) is 3. The zero-order chi connectivity index (χ0) is 15.2. The maximum atomic E-state index is 13.3. The van der Waals surface area contributed by atoms with Crippen LogP contribution in [0.3, 0.4) is 0 Å². The Kier molecular flexibility index (Phi) is 4.86. The lowest BCUT2D eigenvalue weighted by molar-refractivity contribution is -0.118. The van der Waals surface area contributed by atoms with Crippen LogP contribution in [0.2, 0.25) is 0 Å². The predicted octanol–water partition coefficient (Wildman–Crippen LogP) is 2.59. The maximum Gasteiger partial charge on any atom is 0.262 e. The van der Waals surface area contributed by atoms with E-state index in [1.165, 1.54) is 6.20 Å². The van der Waals surface area contributed by atoms with Crippen molar-refractivity contribution in [2.75, 3.05) is 11.9 Å². The molecular weight excluding hydrogens is 280 g/mol. The summed E-state index contributed by atoms with van der Waals surface area (Å²) in [6.45, 7) is 2.40. The monoisotopic (exact) mass is 295 g/mol. The van der Waals surface area contributed by atoms with Gasteiger partial charge in [0.2, 0.25) is 0 Å². The standard InChI is InChI=1S/C14H15F2N3O2/c1-2-5-19-8-11(7-17-19)18-14(20)9-21-13-4-3-10(15)6-12(13)16/h3-4,6-8H,2,5,9H2,1H3,(H,18,20). The van der Waals surface area contributed by atoms with E-state index in [2.05, 4.69) is 10.4 Å². The molecule has 5 nitrogen and oxygen atoms in total. The van der Waals surface area contributed by atoms with Crippen LogP contribution in [-0.2, 0) is 11.3 Å². The number of ether oxygens (including phenoxy) is 1. The summed E-state index contributed by atoms with van der Waals surface area (Å²) in [5.41, 5.74) is 0.539. The van der Waals surface area contributed by atoms with E-state index in [0.29, 0.717) is 11.8 Å². The molecule has 0 aliphatic carbocycles. The van der Waals surface area contributed by atoms with E-state index >= 15 is 0 Å². The van der Waals surface area contributed by atoms with Crippen molar-refractivity contribution in [1.82, 2.24) is 9.78 Å². The van der Waals surface area contributed by atoms with Crippen LogP contribution in [-0.4, -0.2) is 22.3 Å². The molecule has 0 saturated carbocycles. The molecule has 0 aliphatic rings. The Morgan fingerprint density at radius 1 is 1.43 bits per heavy atom. The highest BCUT2D eigenvalue weighted by Crippen LogP contribution is 2.17. The number of carbonyl (C=O) groups is 1. The molecule has 1 heterocycles. The molecule has 1 aromatic carbocycles. The molecule has 1 aromatic heterocycles. The molecule has 2 aromatic rings. The number of nitrogens with zero attached hydrogens (tertiary/aromatic N) is 2. The smallest absolute Gasteiger partial charge is 0.262 e. The number of nitrogens with one attached hydrogen (secondary N) is 1. The van der Waals surface area contributed by atoms with E-state index < -0.39 is 17.5 Å². The fraction of sp³-hybridized carbons (Fsp3) is 0.286. The van der Waals surface area contributed by atoms with Gasteiger partial charge in [-0.05, 0) is 18.6 Å². The average molecular weight is 295 g/mol. The number of carbonyl (C=O) groups excluding carboxylic acids is 1. The summed E-state index contributed by atoms with van der Waals surface area (Å²) >= 11 is 0. The molecule has 0 unspecified atom stereocenters. The fourth-order valence-electron chi connectivity index (χ4n) is 1.71. The SMILES string of the molecule is CCCn1cc(NC(=O)COc2ccc(F)cc2F)cn1. The minimum Gasteiger partial charge on any atom is -0.481 e. The Bertz CT molecular complexity index is 628. The third kappa shape index (κ3) is 4.27. The number of rotatable bonds is 6. The highest BCUT2D eigenvalue weighted by molar-refractivity contribution is 5.91. The first-order valence-corrected chi connectivity index (χ1v) is 6.48. The van der Waals surface area contributed by atoms with Gasteiger partial charge in [-0.2, -0.15) is 5.10 Å². The van der Waals surface area contributed by atoms with Gasteiger partial charge < -0.3 is 10.1 Å². The van der Waals surface area contributed by atoms with E-state index in [1.54, 1.807) is 10.9 Å². The first-order chi connectivity index (χ1) is 10.1. The van der Waals surface area contributed by atoms with Crippen molar-refractivity contribution in [3.05, 3.63) is 42.2 Å². The minimum absolute atomic E-state index is 0.173. The van der Waals surface area contributed by atoms with E-state index in [1.807, 2.05) is 6.92 Å². The van der Waals surface area contributed by atoms with Gasteiger partial charge in [0.15, 0.2) is 18.2 Å². The molecule has 112 valence electrons. The van der Waals surface area contributed by atoms with Crippen LogP contribution in [0.25, 0.3) is 0 Å². The molecule has 0 spiro atoms. The summed E-state index contributed by atoms with van der Waals surface area (Å²) in [6.07, 6.45) is 4.15. The number of aromatic nitrogens is 2. The maximum absolute atomic E-state index is 13.3. The van der Waals surface area contributed by atoms with Crippen molar-refractivity contribution in [2.45, 2.75) is 19.9 Å². The van der Waals surface area contributed by atoms with Crippen molar-refractivity contribution in [3.63, 3.8) is 0 Å². The number of anilines is 1. The molecule has 2 rings (SSSR count). The van der Waals surface area contributed by atoms with Gasteiger partial charge in [-0.3, -0.25) is 9.48 Å². The van der Waals surface area contributed by atoms with Crippen molar-refractivity contribution in [3.8, 4) is 5.75 Å². The third-order valence-corrected chi connectivity index (χ3v) is 2.62. The van der Waals surface area contributed by atoms with E-state index in [-0.39, 0.29) is 12.4 Å². The quantitative estimate of drug-likeness (QED) is 0.891. The molecule has 21 heavy (non-hydrogen) atoms. The second-order valence-electron chi connectivity index (χ2n) is 4.40.